The van der Waals surface area contributed by atoms with Crippen LogP contribution >= 0.6 is 12.2 Å². The number of hydrogen-bond acceptors (Lipinski definition) is 3. The van der Waals surface area contributed by atoms with Crippen molar-refractivity contribution in [3.05, 3.63) is 29.8 Å². The smallest absolute Gasteiger partial charge is 0.243 e. The molecule has 1 aliphatic carbocycles. The molecule has 1 saturated carbocycles. The summed E-state index contributed by atoms with van der Waals surface area (Å²) in [6, 6.07) is 6.76. The lowest BCUT2D eigenvalue weighted by Crippen LogP contribution is -2.34. The van der Waals surface area contributed by atoms with Crippen LogP contribution in [0.3, 0.4) is 0 Å². The Bertz CT molecular complexity index is 622. The van der Waals surface area contributed by atoms with Crippen molar-refractivity contribution in [1.82, 2.24) is 4.31 Å². The highest BCUT2D eigenvalue weighted by Gasteiger charge is 2.37. The summed E-state index contributed by atoms with van der Waals surface area (Å²) >= 11 is 4.93. The van der Waals surface area contributed by atoms with Gasteiger partial charge in [0.25, 0.3) is 0 Å². The van der Waals surface area contributed by atoms with Crippen molar-refractivity contribution in [2.75, 3.05) is 6.54 Å². The molecule has 1 fully saturated rings. The Balaban J connectivity index is 2.29. The third kappa shape index (κ3) is 4.02. The molecule has 1 aromatic rings. The van der Waals surface area contributed by atoms with E-state index in [9.17, 15) is 8.42 Å². The molecule has 2 rings (SSSR count). The zero-order valence-electron chi connectivity index (χ0n) is 12.5. The first kappa shape index (κ1) is 16.4. The number of hydrogen-bond donors (Lipinski definition) is 1. The van der Waals surface area contributed by atoms with Crippen molar-refractivity contribution < 1.29 is 8.42 Å². The summed E-state index contributed by atoms with van der Waals surface area (Å²) < 4.78 is 27.3. The molecule has 0 saturated heterocycles. The van der Waals surface area contributed by atoms with E-state index in [1.807, 2.05) is 0 Å². The molecule has 0 aliphatic heterocycles. The van der Waals surface area contributed by atoms with Crippen LogP contribution in [-0.4, -0.2) is 30.3 Å². The SMILES string of the molecule is CC(C)CCN(C1CC1)S(=O)(=O)c1cccc(C(N)=S)c1. The lowest BCUT2D eigenvalue weighted by molar-refractivity contribution is 0.373. The molecule has 4 nitrogen and oxygen atoms in total. The fraction of sp³-hybridized carbons (Fsp3) is 0.533. The molecular formula is C15H22N2O2S2. The minimum atomic E-state index is -3.47. The Labute approximate surface area is 132 Å². The maximum absolute atomic E-state index is 12.8. The lowest BCUT2D eigenvalue weighted by atomic mass is 10.1. The van der Waals surface area contributed by atoms with Crippen molar-refractivity contribution in [3.8, 4) is 0 Å². The Kier molecular flexibility index (Phi) is 5.01. The standard InChI is InChI=1S/C15H22N2O2S2/c1-11(2)8-9-17(13-6-7-13)21(18,19)14-5-3-4-12(10-14)15(16)20/h3-5,10-11,13H,6-9H2,1-2H3,(H2,16,20). The number of nitrogens with two attached hydrogens (primary N) is 1. The van der Waals surface area contributed by atoms with E-state index in [-0.39, 0.29) is 15.9 Å². The van der Waals surface area contributed by atoms with E-state index in [4.69, 9.17) is 18.0 Å². The molecule has 0 bridgehead atoms. The monoisotopic (exact) mass is 326 g/mol. The second-order valence-electron chi connectivity index (χ2n) is 5.92. The van der Waals surface area contributed by atoms with E-state index in [1.165, 1.54) is 0 Å². The first-order valence-corrected chi connectivity index (χ1v) is 9.09. The van der Waals surface area contributed by atoms with E-state index < -0.39 is 10.0 Å². The zero-order valence-corrected chi connectivity index (χ0v) is 14.1. The minimum absolute atomic E-state index is 0.155. The topological polar surface area (TPSA) is 63.4 Å². The molecule has 0 aromatic heterocycles. The number of benzene rings is 1. The third-order valence-corrected chi connectivity index (χ3v) is 5.79. The number of rotatable bonds is 7. The van der Waals surface area contributed by atoms with Gasteiger partial charge in [-0.15, -0.1) is 0 Å². The summed E-state index contributed by atoms with van der Waals surface area (Å²) in [4.78, 5) is 0.496. The highest BCUT2D eigenvalue weighted by atomic mass is 32.2. The average Bonchev–Trinajstić information content (AvgIpc) is 3.23. The number of sulfonamides is 1. The largest absolute Gasteiger partial charge is 0.389 e. The van der Waals surface area contributed by atoms with Crippen LogP contribution in [0.15, 0.2) is 29.2 Å². The predicted octanol–water partition coefficient (Wildman–Crippen LogP) is 2.52. The lowest BCUT2D eigenvalue weighted by Gasteiger charge is -2.23. The van der Waals surface area contributed by atoms with Crippen LogP contribution in [-0.2, 0) is 10.0 Å². The van der Waals surface area contributed by atoms with Gasteiger partial charge in [-0.1, -0.05) is 38.2 Å². The van der Waals surface area contributed by atoms with Crippen LogP contribution in [0.2, 0.25) is 0 Å². The molecule has 6 heteroatoms. The average molecular weight is 326 g/mol. The minimum Gasteiger partial charge on any atom is -0.389 e. The van der Waals surface area contributed by atoms with E-state index >= 15 is 0 Å². The molecular weight excluding hydrogens is 304 g/mol. The van der Waals surface area contributed by atoms with Crippen LogP contribution in [0.4, 0.5) is 0 Å². The van der Waals surface area contributed by atoms with Crippen molar-refractivity contribution in [1.29, 1.82) is 0 Å². The first-order valence-electron chi connectivity index (χ1n) is 7.24. The molecule has 0 radical (unpaired) electrons. The molecule has 0 amide bonds. The van der Waals surface area contributed by atoms with Gasteiger partial charge in [-0.05, 0) is 37.3 Å². The second kappa shape index (κ2) is 6.42. The van der Waals surface area contributed by atoms with Crippen LogP contribution < -0.4 is 5.73 Å². The Morgan fingerprint density at radius 3 is 2.62 bits per heavy atom. The quantitative estimate of drug-likeness (QED) is 0.782. The van der Waals surface area contributed by atoms with E-state index in [0.717, 1.165) is 19.3 Å². The second-order valence-corrected chi connectivity index (χ2v) is 8.25. The molecule has 0 unspecified atom stereocenters. The first-order chi connectivity index (χ1) is 9.82. The summed E-state index contributed by atoms with van der Waals surface area (Å²) in [5, 5.41) is 0. The van der Waals surface area contributed by atoms with Crippen molar-refractivity contribution in [2.24, 2.45) is 11.7 Å². The molecule has 0 heterocycles. The normalized spacial score (nSPS) is 15.6. The molecule has 0 spiro atoms. The van der Waals surface area contributed by atoms with Crippen LogP contribution in [0.1, 0.15) is 38.7 Å². The van der Waals surface area contributed by atoms with Crippen molar-refractivity contribution >= 4 is 27.2 Å². The van der Waals surface area contributed by atoms with Crippen molar-refractivity contribution in [3.63, 3.8) is 0 Å². The predicted molar refractivity (Wildman–Crippen MR) is 88.7 cm³/mol. The summed E-state index contributed by atoms with van der Waals surface area (Å²) in [5.74, 6) is 0.476. The Morgan fingerprint density at radius 1 is 1.43 bits per heavy atom. The van der Waals surface area contributed by atoms with Gasteiger partial charge in [0.2, 0.25) is 10.0 Å². The molecule has 1 aliphatic rings. The fourth-order valence-electron chi connectivity index (χ4n) is 2.19. The third-order valence-electron chi connectivity index (χ3n) is 3.61. The van der Waals surface area contributed by atoms with Gasteiger partial charge in [0.15, 0.2) is 0 Å². The highest BCUT2D eigenvalue weighted by Crippen LogP contribution is 2.32. The van der Waals surface area contributed by atoms with Gasteiger partial charge in [0.1, 0.15) is 4.99 Å². The Hall–Kier alpha value is -0.980. The molecule has 0 atom stereocenters. The number of thiocarbonyl (C=S) groups is 1. The van der Waals surface area contributed by atoms with Gasteiger partial charge in [-0.25, -0.2) is 8.42 Å². The summed E-state index contributed by atoms with van der Waals surface area (Å²) in [6.45, 7) is 4.78. The summed E-state index contributed by atoms with van der Waals surface area (Å²) in [5.41, 5.74) is 6.18. The maximum atomic E-state index is 12.8. The van der Waals surface area contributed by atoms with Gasteiger partial charge in [-0.3, -0.25) is 0 Å². The van der Waals surface area contributed by atoms with Gasteiger partial charge in [0, 0.05) is 18.2 Å². The summed E-state index contributed by atoms with van der Waals surface area (Å²) in [6.07, 6.45) is 2.77. The molecule has 21 heavy (non-hydrogen) atoms. The zero-order chi connectivity index (χ0) is 15.6. The van der Waals surface area contributed by atoms with Gasteiger partial charge >= 0.3 is 0 Å². The maximum Gasteiger partial charge on any atom is 0.243 e. The van der Waals surface area contributed by atoms with E-state index in [2.05, 4.69) is 13.8 Å². The highest BCUT2D eigenvalue weighted by molar-refractivity contribution is 7.89. The molecule has 116 valence electrons. The number of nitrogens with zero attached hydrogens (tertiary/aromatic N) is 1. The van der Waals surface area contributed by atoms with Gasteiger partial charge < -0.3 is 5.73 Å². The van der Waals surface area contributed by atoms with Gasteiger partial charge in [0.05, 0.1) is 4.90 Å². The Morgan fingerprint density at radius 2 is 2.10 bits per heavy atom. The van der Waals surface area contributed by atoms with Crippen molar-refractivity contribution in [2.45, 2.75) is 44.0 Å². The fourth-order valence-corrected chi connectivity index (χ4v) is 4.07. The summed E-state index contributed by atoms with van der Waals surface area (Å²) in [7, 11) is -3.47. The van der Waals surface area contributed by atoms with Crippen LogP contribution in [0, 0.1) is 5.92 Å². The van der Waals surface area contributed by atoms with Crippen LogP contribution in [0.25, 0.3) is 0 Å². The van der Waals surface area contributed by atoms with E-state index in [0.29, 0.717) is 18.0 Å². The van der Waals surface area contributed by atoms with Crippen LogP contribution in [0.5, 0.6) is 0 Å². The van der Waals surface area contributed by atoms with Gasteiger partial charge in [-0.2, -0.15) is 4.31 Å². The molecule has 1 aromatic carbocycles. The van der Waals surface area contributed by atoms with E-state index in [1.54, 1.807) is 28.6 Å². The molecule has 2 N–H and O–H groups in total.